The Kier molecular flexibility index (Phi) is 6.15. The van der Waals surface area contributed by atoms with Crippen LogP contribution in [-0.4, -0.2) is 54.1 Å². The summed E-state index contributed by atoms with van der Waals surface area (Å²) < 4.78 is 2.16. The molecule has 5 nitrogen and oxygen atoms in total. The van der Waals surface area contributed by atoms with Gasteiger partial charge in [-0.2, -0.15) is 0 Å². The topological polar surface area (TPSA) is 35.8 Å². The zero-order chi connectivity index (χ0) is 17.6. The number of hydrogen-bond acceptors (Lipinski definition) is 3. The van der Waals surface area contributed by atoms with Crippen LogP contribution in [0.3, 0.4) is 0 Å². The summed E-state index contributed by atoms with van der Waals surface area (Å²) in [6, 6.07) is 9.08. The van der Waals surface area contributed by atoms with Gasteiger partial charge in [0.15, 0.2) is 5.96 Å². The number of nitrogens with one attached hydrogen (secondary N) is 1. The van der Waals surface area contributed by atoms with Crippen LogP contribution in [0.15, 0.2) is 40.8 Å². The summed E-state index contributed by atoms with van der Waals surface area (Å²) in [5.74, 6) is 0.946. The van der Waals surface area contributed by atoms with Crippen molar-refractivity contribution in [3.63, 3.8) is 0 Å². The Morgan fingerprint density at radius 3 is 2.72 bits per heavy atom. The highest BCUT2D eigenvalue weighted by Gasteiger charge is 2.24. The Morgan fingerprint density at radius 1 is 1.32 bits per heavy atom. The van der Waals surface area contributed by atoms with Crippen molar-refractivity contribution in [2.75, 3.05) is 33.7 Å². The van der Waals surface area contributed by atoms with Crippen molar-refractivity contribution in [1.82, 2.24) is 19.7 Å². The molecule has 0 bridgehead atoms. The second kappa shape index (κ2) is 8.54. The molecular weight excluding hydrogens is 330 g/mol. The molecule has 3 rings (SSSR count). The summed E-state index contributed by atoms with van der Waals surface area (Å²) in [5.41, 5.74) is 1.28. The maximum Gasteiger partial charge on any atom is 0.193 e. The highest BCUT2D eigenvalue weighted by Crippen LogP contribution is 2.27. The lowest BCUT2D eigenvalue weighted by atomic mass is 10.2. The summed E-state index contributed by atoms with van der Waals surface area (Å²) >= 11 is 1.85. The fourth-order valence-electron chi connectivity index (χ4n) is 3.50. The lowest BCUT2D eigenvalue weighted by molar-refractivity contribution is 0.247. The molecule has 0 aliphatic carbocycles. The fraction of sp³-hybridized carbons (Fsp3) is 0.526. The number of aliphatic imine (C=N–C) groups is 1. The van der Waals surface area contributed by atoms with E-state index in [1.54, 1.807) is 0 Å². The number of hydrogen-bond donors (Lipinski definition) is 1. The van der Waals surface area contributed by atoms with E-state index in [1.807, 2.05) is 18.4 Å². The third-order valence-corrected chi connectivity index (χ3v) is 5.90. The Morgan fingerprint density at radius 2 is 2.12 bits per heavy atom. The molecule has 0 radical (unpaired) electrons. The first-order chi connectivity index (χ1) is 12.2. The van der Waals surface area contributed by atoms with Gasteiger partial charge in [-0.1, -0.05) is 6.07 Å². The quantitative estimate of drug-likeness (QED) is 0.636. The van der Waals surface area contributed by atoms with E-state index in [0.717, 1.165) is 19.0 Å². The van der Waals surface area contributed by atoms with Crippen molar-refractivity contribution in [3.05, 3.63) is 46.4 Å². The van der Waals surface area contributed by atoms with Gasteiger partial charge in [0, 0.05) is 44.5 Å². The number of likely N-dealkylation sites (tertiary alicyclic amines) is 1. The largest absolute Gasteiger partial charge is 0.354 e. The molecule has 1 atom stereocenters. The van der Waals surface area contributed by atoms with E-state index in [-0.39, 0.29) is 0 Å². The van der Waals surface area contributed by atoms with Gasteiger partial charge in [-0.3, -0.25) is 9.89 Å². The van der Waals surface area contributed by atoms with Gasteiger partial charge in [-0.25, -0.2) is 0 Å². The van der Waals surface area contributed by atoms with Crippen LogP contribution in [0.2, 0.25) is 0 Å². The number of nitrogens with zero attached hydrogens (tertiary/aromatic N) is 4. The average Bonchev–Trinajstić information content (AvgIpc) is 3.36. The van der Waals surface area contributed by atoms with Gasteiger partial charge in [-0.05, 0) is 49.5 Å². The highest BCUT2D eigenvalue weighted by molar-refractivity contribution is 7.10. The van der Waals surface area contributed by atoms with Crippen LogP contribution in [0.25, 0.3) is 0 Å². The fourth-order valence-corrected chi connectivity index (χ4v) is 4.36. The van der Waals surface area contributed by atoms with E-state index in [1.165, 1.54) is 36.5 Å². The predicted octanol–water partition coefficient (Wildman–Crippen LogP) is 2.93. The summed E-state index contributed by atoms with van der Waals surface area (Å²) in [6.07, 6.45) is 4.70. The molecule has 1 saturated heterocycles. The van der Waals surface area contributed by atoms with Crippen molar-refractivity contribution < 1.29 is 0 Å². The standard InChI is InChI=1S/C19H29N5S/c1-20-19(23(3)15-16-8-6-10-22(16)2)21-14-17(18-9-7-13-25-18)24-11-4-5-12-24/h6-10,13,17H,4-5,11-12,14-15H2,1-3H3,(H,20,21). The molecule has 2 aromatic heterocycles. The lowest BCUT2D eigenvalue weighted by Crippen LogP contribution is -2.43. The number of guanidine groups is 1. The first kappa shape index (κ1) is 18.0. The molecule has 1 aliphatic heterocycles. The summed E-state index contributed by atoms with van der Waals surface area (Å²) in [6.45, 7) is 4.13. The second-order valence-corrected chi connectivity index (χ2v) is 7.65. The first-order valence-corrected chi connectivity index (χ1v) is 9.86. The van der Waals surface area contributed by atoms with Crippen LogP contribution in [-0.2, 0) is 13.6 Å². The Balaban J connectivity index is 1.63. The maximum absolute atomic E-state index is 4.49. The molecule has 6 heteroatoms. The molecular formula is C19H29N5S. The Hall–Kier alpha value is -1.79. The van der Waals surface area contributed by atoms with E-state index in [9.17, 15) is 0 Å². The minimum Gasteiger partial charge on any atom is -0.354 e. The molecule has 3 heterocycles. The monoisotopic (exact) mass is 359 g/mol. The molecule has 1 fully saturated rings. The molecule has 25 heavy (non-hydrogen) atoms. The zero-order valence-electron chi connectivity index (χ0n) is 15.5. The lowest BCUT2D eigenvalue weighted by Gasteiger charge is -2.29. The van der Waals surface area contributed by atoms with Crippen LogP contribution in [0.1, 0.15) is 29.5 Å². The number of aromatic nitrogens is 1. The van der Waals surface area contributed by atoms with Crippen LogP contribution < -0.4 is 5.32 Å². The van der Waals surface area contributed by atoms with E-state index < -0.39 is 0 Å². The number of thiophene rings is 1. The summed E-state index contributed by atoms with van der Waals surface area (Å²) in [4.78, 5) is 10.7. The van der Waals surface area contributed by atoms with Gasteiger partial charge in [0.25, 0.3) is 0 Å². The first-order valence-electron chi connectivity index (χ1n) is 8.98. The molecule has 0 saturated carbocycles. The Bertz CT molecular complexity index is 670. The third kappa shape index (κ3) is 4.44. The number of aryl methyl sites for hydroxylation is 1. The minimum absolute atomic E-state index is 0.433. The third-order valence-electron chi connectivity index (χ3n) is 4.93. The smallest absolute Gasteiger partial charge is 0.193 e. The zero-order valence-corrected chi connectivity index (χ0v) is 16.3. The Labute approximate surface area is 155 Å². The molecule has 0 amide bonds. The van der Waals surface area contributed by atoms with Gasteiger partial charge < -0.3 is 14.8 Å². The molecule has 2 aromatic rings. The van der Waals surface area contributed by atoms with Gasteiger partial charge in [0.2, 0.25) is 0 Å². The van der Waals surface area contributed by atoms with Crippen LogP contribution >= 0.6 is 11.3 Å². The van der Waals surface area contributed by atoms with Gasteiger partial charge >= 0.3 is 0 Å². The van der Waals surface area contributed by atoms with Crippen molar-refractivity contribution in [3.8, 4) is 0 Å². The van der Waals surface area contributed by atoms with Crippen molar-refractivity contribution in [2.24, 2.45) is 12.0 Å². The van der Waals surface area contributed by atoms with E-state index in [0.29, 0.717) is 6.04 Å². The van der Waals surface area contributed by atoms with Crippen molar-refractivity contribution in [2.45, 2.75) is 25.4 Å². The molecule has 0 aromatic carbocycles. The van der Waals surface area contributed by atoms with Gasteiger partial charge in [-0.15, -0.1) is 11.3 Å². The minimum atomic E-state index is 0.433. The summed E-state index contributed by atoms with van der Waals surface area (Å²) in [5, 5.41) is 5.77. The average molecular weight is 360 g/mol. The van der Waals surface area contributed by atoms with Crippen molar-refractivity contribution in [1.29, 1.82) is 0 Å². The highest BCUT2D eigenvalue weighted by atomic mass is 32.1. The van der Waals surface area contributed by atoms with E-state index in [2.05, 4.69) is 74.6 Å². The molecule has 0 spiro atoms. The normalized spacial score (nSPS) is 17.0. The van der Waals surface area contributed by atoms with Gasteiger partial charge in [0.1, 0.15) is 0 Å². The predicted molar refractivity (Wildman–Crippen MR) is 106 cm³/mol. The molecule has 1 unspecified atom stereocenters. The number of rotatable bonds is 6. The van der Waals surface area contributed by atoms with Gasteiger partial charge in [0.05, 0.1) is 12.6 Å². The van der Waals surface area contributed by atoms with Crippen LogP contribution in [0.5, 0.6) is 0 Å². The van der Waals surface area contributed by atoms with E-state index in [4.69, 9.17) is 0 Å². The molecule has 1 aliphatic rings. The SMILES string of the molecule is CN=C(NCC(c1cccs1)N1CCCC1)N(C)Cc1cccn1C. The maximum atomic E-state index is 4.49. The second-order valence-electron chi connectivity index (χ2n) is 6.67. The van der Waals surface area contributed by atoms with Crippen LogP contribution in [0, 0.1) is 0 Å². The summed E-state index contributed by atoms with van der Waals surface area (Å²) in [7, 11) is 6.04. The van der Waals surface area contributed by atoms with E-state index >= 15 is 0 Å². The molecule has 1 N–H and O–H groups in total. The van der Waals surface area contributed by atoms with Crippen molar-refractivity contribution >= 4 is 17.3 Å². The van der Waals surface area contributed by atoms with Crippen LogP contribution in [0.4, 0.5) is 0 Å². The molecule has 136 valence electrons.